The monoisotopic (exact) mass is 413 g/mol. The van der Waals surface area contributed by atoms with Crippen LogP contribution in [-0.4, -0.2) is 53.8 Å². The predicted octanol–water partition coefficient (Wildman–Crippen LogP) is 3.19. The number of fused-ring (bicyclic) bond motifs is 8. The summed E-state index contributed by atoms with van der Waals surface area (Å²) in [6, 6.07) is 3.84. The molecule has 7 heteroatoms. The lowest BCUT2D eigenvalue weighted by atomic mass is 9.56. The average molecular weight is 413 g/mol. The number of benzene rings is 1. The summed E-state index contributed by atoms with van der Waals surface area (Å²) in [5.74, 6) is -1.24. The number of urea groups is 1. The number of amides is 4. The van der Waals surface area contributed by atoms with E-state index < -0.39 is 29.3 Å². The van der Waals surface area contributed by atoms with Crippen LogP contribution < -0.4 is 4.90 Å². The van der Waals surface area contributed by atoms with Gasteiger partial charge in [-0.05, 0) is 48.1 Å². The van der Waals surface area contributed by atoms with Gasteiger partial charge in [0.05, 0.1) is 11.7 Å². The zero-order valence-electron chi connectivity index (χ0n) is 18.2. The molecule has 1 saturated carbocycles. The molecule has 0 aromatic heterocycles. The molecule has 2 saturated heterocycles. The summed E-state index contributed by atoms with van der Waals surface area (Å²) in [5, 5.41) is 0. The van der Waals surface area contributed by atoms with Crippen molar-refractivity contribution in [3.8, 4) is 0 Å². The summed E-state index contributed by atoms with van der Waals surface area (Å²) in [5.41, 5.74) is -0.571. The van der Waals surface area contributed by atoms with Crippen molar-refractivity contribution in [3.05, 3.63) is 29.6 Å². The molecular formula is C23H28FN3O3. The minimum absolute atomic E-state index is 0.00992. The fourth-order valence-electron chi connectivity index (χ4n) is 7.44. The highest BCUT2D eigenvalue weighted by molar-refractivity contribution is 6.20. The third-order valence-electron chi connectivity index (χ3n) is 7.92. The first kappa shape index (κ1) is 19.5. The van der Waals surface area contributed by atoms with Crippen molar-refractivity contribution in [2.24, 2.45) is 16.2 Å². The van der Waals surface area contributed by atoms with Gasteiger partial charge in [-0.3, -0.25) is 19.4 Å². The number of hydrogen-bond acceptors (Lipinski definition) is 4. The number of imide groups is 2. The first-order valence-corrected chi connectivity index (χ1v) is 10.6. The third-order valence-corrected chi connectivity index (χ3v) is 7.92. The van der Waals surface area contributed by atoms with E-state index in [1.165, 1.54) is 20.2 Å². The molecule has 5 rings (SSSR count). The highest BCUT2D eigenvalue weighted by Crippen LogP contribution is 2.64. The molecule has 4 aliphatic rings. The third kappa shape index (κ3) is 2.16. The first-order chi connectivity index (χ1) is 13.9. The van der Waals surface area contributed by atoms with E-state index in [4.69, 9.17) is 0 Å². The number of rotatable bonds is 0. The maximum atomic E-state index is 15.2. The number of carbonyl (C=O) groups excluding carboxylic acids is 3. The van der Waals surface area contributed by atoms with Gasteiger partial charge in [-0.1, -0.05) is 32.9 Å². The van der Waals surface area contributed by atoms with E-state index in [2.05, 4.69) is 25.7 Å². The SMILES string of the molecule is CN1C(=O)N(C)C(=O)C2(Cc3cccc(F)c3N3[C@@H]4CC(C)(C)C[C@](C)(C4)[C@H]32)C1=O. The molecular weight excluding hydrogens is 385 g/mol. The van der Waals surface area contributed by atoms with E-state index in [0.717, 1.165) is 29.1 Å². The summed E-state index contributed by atoms with van der Waals surface area (Å²) < 4.78 is 15.2. The minimum atomic E-state index is -1.43. The van der Waals surface area contributed by atoms with Crippen molar-refractivity contribution in [2.45, 2.75) is 58.5 Å². The Balaban J connectivity index is 1.81. The standard InChI is InChI=1S/C23H28FN3O3/c1-21(2)10-14-11-22(3,12-21)17-23(18(28)25(4)20(30)26(5)19(23)29)9-13-7-6-8-15(24)16(13)27(14)17/h6-8,14,17H,9-12H2,1-5H3/t14-,17+,22+/m1/s1. The molecule has 6 nitrogen and oxygen atoms in total. The Hall–Kier alpha value is -2.44. The molecule has 3 fully saturated rings. The Morgan fingerprint density at radius 2 is 1.63 bits per heavy atom. The molecule has 2 bridgehead atoms. The zero-order valence-corrected chi connectivity index (χ0v) is 18.2. The second-order valence-corrected chi connectivity index (χ2v) is 10.8. The van der Waals surface area contributed by atoms with Crippen LogP contribution in [0.5, 0.6) is 0 Å². The van der Waals surface area contributed by atoms with Gasteiger partial charge in [0.1, 0.15) is 5.82 Å². The molecule has 1 aromatic carbocycles. The van der Waals surface area contributed by atoms with Crippen LogP contribution in [0.4, 0.5) is 14.9 Å². The molecule has 3 heterocycles. The lowest BCUT2D eigenvalue weighted by molar-refractivity contribution is -0.161. The van der Waals surface area contributed by atoms with E-state index >= 15 is 4.39 Å². The maximum absolute atomic E-state index is 15.2. The smallest absolute Gasteiger partial charge is 0.332 e. The molecule has 3 aliphatic heterocycles. The van der Waals surface area contributed by atoms with Gasteiger partial charge in [0, 0.05) is 20.1 Å². The summed E-state index contributed by atoms with van der Waals surface area (Å²) in [4.78, 5) is 44.2. The van der Waals surface area contributed by atoms with E-state index in [1.54, 1.807) is 6.07 Å². The molecule has 160 valence electrons. The van der Waals surface area contributed by atoms with Gasteiger partial charge in [0.2, 0.25) is 11.8 Å². The fourth-order valence-corrected chi connectivity index (χ4v) is 7.44. The molecule has 1 aliphatic carbocycles. The predicted molar refractivity (Wildman–Crippen MR) is 109 cm³/mol. The summed E-state index contributed by atoms with van der Waals surface area (Å²) in [6.07, 6.45) is 2.63. The quantitative estimate of drug-likeness (QED) is 0.613. The van der Waals surface area contributed by atoms with Crippen molar-refractivity contribution >= 4 is 23.5 Å². The highest BCUT2D eigenvalue weighted by atomic mass is 19.1. The summed E-state index contributed by atoms with van der Waals surface area (Å²) in [7, 11) is 2.88. The fraction of sp³-hybridized carbons (Fsp3) is 0.609. The van der Waals surface area contributed by atoms with E-state index in [0.29, 0.717) is 11.3 Å². The average Bonchev–Trinajstić information content (AvgIpc) is 2.89. The summed E-state index contributed by atoms with van der Waals surface area (Å²) in [6.45, 7) is 6.55. The number of anilines is 1. The lowest BCUT2D eigenvalue weighted by Gasteiger charge is -2.54. The van der Waals surface area contributed by atoms with Gasteiger partial charge in [-0.25, -0.2) is 9.18 Å². The second-order valence-electron chi connectivity index (χ2n) is 10.8. The number of nitrogens with zero attached hydrogens (tertiary/aromatic N) is 3. The van der Waals surface area contributed by atoms with Crippen LogP contribution in [0.3, 0.4) is 0 Å². The van der Waals surface area contributed by atoms with Crippen molar-refractivity contribution in [1.82, 2.24) is 9.80 Å². The number of hydrogen-bond donors (Lipinski definition) is 0. The number of para-hydroxylation sites is 1. The van der Waals surface area contributed by atoms with Gasteiger partial charge >= 0.3 is 6.03 Å². The minimum Gasteiger partial charge on any atom is -0.361 e. The van der Waals surface area contributed by atoms with Crippen LogP contribution in [0.2, 0.25) is 0 Å². The Bertz CT molecular complexity index is 981. The second kappa shape index (κ2) is 5.62. The number of carbonyl (C=O) groups is 3. The van der Waals surface area contributed by atoms with Crippen LogP contribution in [-0.2, 0) is 16.0 Å². The molecule has 1 aromatic rings. The molecule has 0 radical (unpaired) electrons. The van der Waals surface area contributed by atoms with Gasteiger partial charge in [-0.15, -0.1) is 0 Å². The van der Waals surface area contributed by atoms with Crippen LogP contribution in [0.1, 0.15) is 45.6 Å². The molecule has 4 amide bonds. The normalized spacial score (nSPS) is 33.8. The van der Waals surface area contributed by atoms with Gasteiger partial charge < -0.3 is 4.90 Å². The van der Waals surface area contributed by atoms with Crippen LogP contribution >= 0.6 is 0 Å². The van der Waals surface area contributed by atoms with Gasteiger partial charge in [0.15, 0.2) is 5.41 Å². The van der Waals surface area contributed by atoms with E-state index in [1.807, 2.05) is 6.07 Å². The van der Waals surface area contributed by atoms with Gasteiger partial charge in [0.25, 0.3) is 0 Å². The van der Waals surface area contributed by atoms with Crippen molar-refractivity contribution in [3.63, 3.8) is 0 Å². The molecule has 0 unspecified atom stereocenters. The molecule has 30 heavy (non-hydrogen) atoms. The van der Waals surface area contributed by atoms with Crippen LogP contribution in [0.15, 0.2) is 18.2 Å². The molecule has 3 atom stereocenters. The Morgan fingerprint density at radius 3 is 2.27 bits per heavy atom. The van der Waals surface area contributed by atoms with Crippen molar-refractivity contribution in [2.75, 3.05) is 19.0 Å². The van der Waals surface area contributed by atoms with Gasteiger partial charge in [-0.2, -0.15) is 0 Å². The maximum Gasteiger partial charge on any atom is 0.332 e. The van der Waals surface area contributed by atoms with Crippen molar-refractivity contribution < 1.29 is 18.8 Å². The Morgan fingerprint density at radius 1 is 1.00 bits per heavy atom. The Labute approximate surface area is 176 Å². The summed E-state index contributed by atoms with van der Waals surface area (Å²) >= 11 is 0. The topological polar surface area (TPSA) is 60.9 Å². The van der Waals surface area contributed by atoms with Crippen molar-refractivity contribution in [1.29, 1.82) is 0 Å². The van der Waals surface area contributed by atoms with Crippen LogP contribution in [0.25, 0.3) is 0 Å². The largest absolute Gasteiger partial charge is 0.361 e. The Kier molecular flexibility index (Phi) is 3.66. The molecule has 1 spiro atoms. The van der Waals surface area contributed by atoms with E-state index in [9.17, 15) is 14.4 Å². The highest BCUT2D eigenvalue weighted by Gasteiger charge is 2.72. The number of halogens is 1. The van der Waals surface area contributed by atoms with E-state index in [-0.39, 0.29) is 29.1 Å². The first-order valence-electron chi connectivity index (χ1n) is 10.6. The zero-order chi connectivity index (χ0) is 21.8. The van der Waals surface area contributed by atoms with Crippen LogP contribution in [0, 0.1) is 22.1 Å². The number of barbiturate groups is 1. The molecule has 0 N–H and O–H groups in total. The lowest BCUT2D eigenvalue weighted by Crippen LogP contribution is -2.72.